The molecule has 1 amide bonds. The maximum absolute atomic E-state index is 12.1. The summed E-state index contributed by atoms with van der Waals surface area (Å²) in [5, 5.41) is 0.848. The van der Waals surface area contributed by atoms with Crippen LogP contribution in [0.1, 0.15) is 26.8 Å². The first-order chi connectivity index (χ1) is 11.0. The number of aromatic nitrogens is 1. The molecule has 2 aromatic rings. The fraction of sp³-hybridized carbons (Fsp3) is 0.353. The number of nitrogens with zero attached hydrogens (tertiary/aromatic N) is 2. The van der Waals surface area contributed by atoms with Crippen LogP contribution >= 0.6 is 11.3 Å². The summed E-state index contributed by atoms with van der Waals surface area (Å²) >= 11 is 1.34. The highest BCUT2D eigenvalue weighted by Crippen LogP contribution is 2.25. The number of ether oxygens (including phenoxy) is 1. The molecule has 1 aliphatic heterocycles. The number of rotatable bonds is 4. The van der Waals surface area contributed by atoms with Crippen LogP contribution in [0.2, 0.25) is 0 Å². The van der Waals surface area contributed by atoms with E-state index in [0.29, 0.717) is 23.5 Å². The van der Waals surface area contributed by atoms with Gasteiger partial charge in [-0.05, 0) is 26.0 Å². The zero-order chi connectivity index (χ0) is 16.4. The van der Waals surface area contributed by atoms with Gasteiger partial charge in [0.2, 0.25) is 5.91 Å². The van der Waals surface area contributed by atoms with Gasteiger partial charge >= 0.3 is 5.97 Å². The highest BCUT2D eigenvalue weighted by Gasteiger charge is 2.31. The van der Waals surface area contributed by atoms with Crippen LogP contribution < -0.4 is 4.90 Å². The van der Waals surface area contributed by atoms with Crippen LogP contribution in [0, 0.1) is 19.8 Å². The Morgan fingerprint density at radius 1 is 1.35 bits per heavy atom. The van der Waals surface area contributed by atoms with E-state index < -0.39 is 0 Å². The number of carbonyl (C=O) groups excluding carboxylic acids is 2. The number of hydrogen-bond donors (Lipinski definition) is 0. The molecule has 6 heteroatoms. The standard InChI is InChI=1S/C17H18N2O3S/c1-11-16(23-12(2)18-11)17(21)22-10-13-8-15(20)19(9-13)14-6-4-3-5-7-14/h3-7,13H,8-10H2,1-2H3/t13-/m1/s1. The molecule has 0 aliphatic carbocycles. The van der Waals surface area contributed by atoms with E-state index in [1.165, 1.54) is 11.3 Å². The molecule has 1 aromatic heterocycles. The average Bonchev–Trinajstić information content (AvgIpc) is 3.08. The lowest BCUT2D eigenvalue weighted by molar-refractivity contribution is -0.117. The van der Waals surface area contributed by atoms with E-state index in [1.807, 2.05) is 37.3 Å². The summed E-state index contributed by atoms with van der Waals surface area (Å²) in [6, 6.07) is 9.56. The Kier molecular flexibility index (Phi) is 4.43. The van der Waals surface area contributed by atoms with Crippen molar-refractivity contribution in [3.8, 4) is 0 Å². The Hall–Kier alpha value is -2.21. The third-order valence-corrected chi connectivity index (χ3v) is 4.86. The van der Waals surface area contributed by atoms with Crippen molar-refractivity contribution in [3.05, 3.63) is 45.9 Å². The molecule has 5 nitrogen and oxygen atoms in total. The third kappa shape index (κ3) is 3.42. The SMILES string of the molecule is Cc1nc(C)c(C(=O)OC[C@@H]2CC(=O)N(c3ccccc3)C2)s1. The number of benzene rings is 1. The van der Waals surface area contributed by atoms with Crippen molar-refractivity contribution in [3.63, 3.8) is 0 Å². The smallest absolute Gasteiger partial charge is 0.350 e. The molecule has 1 aromatic carbocycles. The average molecular weight is 330 g/mol. The molecule has 0 saturated carbocycles. The van der Waals surface area contributed by atoms with Crippen LogP contribution in [-0.2, 0) is 9.53 Å². The number of aryl methyl sites for hydroxylation is 2. The van der Waals surface area contributed by atoms with Crippen LogP contribution in [0.5, 0.6) is 0 Å². The number of esters is 1. The molecule has 1 fully saturated rings. The molecule has 0 spiro atoms. The molecule has 0 radical (unpaired) electrons. The maximum Gasteiger partial charge on any atom is 0.350 e. The van der Waals surface area contributed by atoms with E-state index in [4.69, 9.17) is 4.74 Å². The number of thiazole rings is 1. The number of hydrogen-bond acceptors (Lipinski definition) is 5. The van der Waals surface area contributed by atoms with Gasteiger partial charge in [0.1, 0.15) is 4.88 Å². The number of anilines is 1. The van der Waals surface area contributed by atoms with Gasteiger partial charge in [-0.2, -0.15) is 0 Å². The van der Waals surface area contributed by atoms with E-state index >= 15 is 0 Å². The molecule has 1 aliphatic rings. The van der Waals surface area contributed by atoms with E-state index in [2.05, 4.69) is 4.98 Å². The van der Waals surface area contributed by atoms with E-state index in [0.717, 1.165) is 10.7 Å². The highest BCUT2D eigenvalue weighted by atomic mass is 32.1. The minimum absolute atomic E-state index is 0.0287. The molecule has 0 N–H and O–H groups in total. The molecular formula is C17H18N2O3S. The van der Waals surface area contributed by atoms with Gasteiger partial charge in [-0.3, -0.25) is 4.79 Å². The van der Waals surface area contributed by atoms with Crippen LogP contribution in [0.25, 0.3) is 0 Å². The Labute approximate surface area is 138 Å². The fourth-order valence-electron chi connectivity index (χ4n) is 2.73. The first-order valence-electron chi connectivity index (χ1n) is 7.51. The summed E-state index contributed by atoms with van der Waals surface area (Å²) in [7, 11) is 0. The Balaban J connectivity index is 1.59. The minimum Gasteiger partial charge on any atom is -0.461 e. The minimum atomic E-state index is -0.348. The molecule has 3 rings (SSSR count). The highest BCUT2D eigenvalue weighted by molar-refractivity contribution is 7.13. The van der Waals surface area contributed by atoms with Crippen molar-refractivity contribution < 1.29 is 14.3 Å². The van der Waals surface area contributed by atoms with Gasteiger partial charge in [0, 0.05) is 24.6 Å². The van der Waals surface area contributed by atoms with Gasteiger partial charge in [0.15, 0.2) is 0 Å². The van der Waals surface area contributed by atoms with Crippen molar-refractivity contribution in [2.24, 2.45) is 5.92 Å². The predicted molar refractivity (Wildman–Crippen MR) is 88.8 cm³/mol. The Morgan fingerprint density at radius 3 is 2.74 bits per heavy atom. The van der Waals surface area contributed by atoms with Crippen molar-refractivity contribution >= 4 is 28.9 Å². The molecule has 23 heavy (non-hydrogen) atoms. The second kappa shape index (κ2) is 6.50. The quantitative estimate of drug-likeness (QED) is 0.809. The van der Waals surface area contributed by atoms with Crippen LogP contribution in [0.15, 0.2) is 30.3 Å². The largest absolute Gasteiger partial charge is 0.461 e. The van der Waals surface area contributed by atoms with Gasteiger partial charge in [-0.1, -0.05) is 18.2 Å². The van der Waals surface area contributed by atoms with Gasteiger partial charge in [-0.25, -0.2) is 9.78 Å². The molecule has 1 atom stereocenters. The zero-order valence-corrected chi connectivity index (χ0v) is 13.9. The Morgan fingerprint density at radius 2 is 2.09 bits per heavy atom. The third-order valence-electron chi connectivity index (χ3n) is 3.81. The molecule has 120 valence electrons. The summed E-state index contributed by atoms with van der Waals surface area (Å²) in [6.45, 7) is 4.50. The summed E-state index contributed by atoms with van der Waals surface area (Å²) in [5.41, 5.74) is 1.59. The van der Waals surface area contributed by atoms with Gasteiger partial charge in [0.25, 0.3) is 0 Å². The lowest BCUT2D eigenvalue weighted by atomic mass is 10.1. The topological polar surface area (TPSA) is 59.5 Å². The van der Waals surface area contributed by atoms with E-state index in [1.54, 1.807) is 11.8 Å². The van der Waals surface area contributed by atoms with Crippen molar-refractivity contribution in [2.75, 3.05) is 18.1 Å². The summed E-state index contributed by atoms with van der Waals surface area (Å²) < 4.78 is 5.39. The molecule has 2 heterocycles. The van der Waals surface area contributed by atoms with Gasteiger partial charge in [-0.15, -0.1) is 11.3 Å². The van der Waals surface area contributed by atoms with Crippen molar-refractivity contribution in [1.82, 2.24) is 4.98 Å². The van der Waals surface area contributed by atoms with Crippen LogP contribution in [0.4, 0.5) is 5.69 Å². The Bertz CT molecular complexity index is 727. The monoisotopic (exact) mass is 330 g/mol. The van der Waals surface area contributed by atoms with E-state index in [-0.39, 0.29) is 24.4 Å². The zero-order valence-electron chi connectivity index (χ0n) is 13.1. The second-order valence-corrected chi connectivity index (χ2v) is 6.86. The molecule has 0 bridgehead atoms. The predicted octanol–water partition coefficient (Wildman–Crippen LogP) is 2.97. The van der Waals surface area contributed by atoms with E-state index in [9.17, 15) is 9.59 Å². The summed E-state index contributed by atoms with van der Waals surface area (Å²) in [6.07, 6.45) is 0.406. The normalized spacial score (nSPS) is 17.6. The van der Waals surface area contributed by atoms with Crippen molar-refractivity contribution in [1.29, 1.82) is 0 Å². The molecule has 1 saturated heterocycles. The lowest BCUT2D eigenvalue weighted by Gasteiger charge is -2.16. The van der Waals surface area contributed by atoms with Gasteiger partial charge in [0.05, 0.1) is 17.3 Å². The number of amides is 1. The van der Waals surface area contributed by atoms with Crippen molar-refractivity contribution in [2.45, 2.75) is 20.3 Å². The van der Waals surface area contributed by atoms with Crippen LogP contribution in [-0.4, -0.2) is 30.0 Å². The second-order valence-electron chi connectivity index (χ2n) is 5.66. The van der Waals surface area contributed by atoms with Gasteiger partial charge < -0.3 is 9.64 Å². The molecular weight excluding hydrogens is 312 g/mol. The maximum atomic E-state index is 12.1. The first kappa shape index (κ1) is 15.7. The summed E-state index contributed by atoms with van der Waals surface area (Å²) in [4.78, 5) is 30.8. The lowest BCUT2D eigenvalue weighted by Crippen LogP contribution is -2.25. The van der Waals surface area contributed by atoms with Crippen LogP contribution in [0.3, 0.4) is 0 Å². The number of para-hydroxylation sites is 1. The number of carbonyl (C=O) groups is 2. The first-order valence-corrected chi connectivity index (χ1v) is 8.33. The summed E-state index contributed by atoms with van der Waals surface area (Å²) in [5.74, 6) is -0.248. The fourth-order valence-corrected chi connectivity index (χ4v) is 3.54. The molecule has 0 unspecified atom stereocenters.